The Bertz CT molecular complexity index is 745. The highest BCUT2D eigenvalue weighted by molar-refractivity contribution is 6.44. The standard InChI is InChI=1S/C17H16Cl2N2O2/c1-10(2)16(22)20-11-5-3-6-12(9-11)21-17(23)13-7-4-8-14(18)15(13)19/h3-10H,1-2H3,(H,20,22)(H,21,23). The van der Waals surface area contributed by atoms with E-state index in [2.05, 4.69) is 10.6 Å². The summed E-state index contributed by atoms with van der Waals surface area (Å²) in [5, 5.41) is 6.04. The Kier molecular flexibility index (Phi) is 5.64. The summed E-state index contributed by atoms with van der Waals surface area (Å²) in [5.41, 5.74) is 1.45. The molecule has 0 unspecified atom stereocenters. The SMILES string of the molecule is CC(C)C(=O)Nc1cccc(NC(=O)c2cccc(Cl)c2Cl)c1. The molecule has 0 aliphatic heterocycles. The molecule has 0 radical (unpaired) electrons. The number of hydrogen-bond donors (Lipinski definition) is 2. The molecular formula is C17H16Cl2N2O2. The molecular weight excluding hydrogens is 335 g/mol. The van der Waals surface area contributed by atoms with Crippen LogP contribution in [0.3, 0.4) is 0 Å². The molecule has 0 saturated heterocycles. The highest BCUT2D eigenvalue weighted by atomic mass is 35.5. The van der Waals surface area contributed by atoms with Gasteiger partial charge in [0.05, 0.1) is 15.6 Å². The van der Waals surface area contributed by atoms with E-state index in [1.54, 1.807) is 42.5 Å². The van der Waals surface area contributed by atoms with Gasteiger partial charge in [-0.1, -0.05) is 49.2 Å². The van der Waals surface area contributed by atoms with Gasteiger partial charge in [-0.05, 0) is 30.3 Å². The van der Waals surface area contributed by atoms with Crippen molar-refractivity contribution in [3.8, 4) is 0 Å². The molecule has 0 bridgehead atoms. The van der Waals surface area contributed by atoms with Crippen LogP contribution in [0.4, 0.5) is 11.4 Å². The fourth-order valence-electron chi connectivity index (χ4n) is 1.84. The largest absolute Gasteiger partial charge is 0.326 e. The molecule has 120 valence electrons. The highest BCUT2D eigenvalue weighted by Gasteiger charge is 2.13. The van der Waals surface area contributed by atoms with Crippen molar-refractivity contribution in [1.29, 1.82) is 0 Å². The molecule has 2 aromatic rings. The zero-order valence-corrected chi connectivity index (χ0v) is 14.2. The molecule has 2 amide bonds. The van der Waals surface area contributed by atoms with Gasteiger partial charge in [0.1, 0.15) is 0 Å². The van der Waals surface area contributed by atoms with Gasteiger partial charge >= 0.3 is 0 Å². The Hall–Kier alpha value is -2.04. The summed E-state index contributed by atoms with van der Waals surface area (Å²) in [4.78, 5) is 24.0. The van der Waals surface area contributed by atoms with Crippen LogP contribution in [0, 0.1) is 5.92 Å². The minimum absolute atomic E-state index is 0.0913. The van der Waals surface area contributed by atoms with Gasteiger partial charge in [-0.3, -0.25) is 9.59 Å². The second-order valence-corrected chi connectivity index (χ2v) is 6.07. The number of amides is 2. The van der Waals surface area contributed by atoms with Crippen LogP contribution in [0.15, 0.2) is 42.5 Å². The molecule has 0 atom stereocenters. The third-order valence-corrected chi connectivity index (χ3v) is 3.93. The predicted molar refractivity (Wildman–Crippen MR) is 94.3 cm³/mol. The minimum Gasteiger partial charge on any atom is -0.326 e. The van der Waals surface area contributed by atoms with Crippen LogP contribution in [-0.2, 0) is 4.79 Å². The van der Waals surface area contributed by atoms with Crippen molar-refractivity contribution in [2.75, 3.05) is 10.6 Å². The lowest BCUT2D eigenvalue weighted by atomic mass is 10.2. The first-order chi connectivity index (χ1) is 10.9. The van der Waals surface area contributed by atoms with E-state index in [0.717, 1.165) is 0 Å². The summed E-state index contributed by atoms with van der Waals surface area (Å²) in [6.07, 6.45) is 0. The average Bonchev–Trinajstić information content (AvgIpc) is 2.50. The van der Waals surface area contributed by atoms with Crippen molar-refractivity contribution in [3.63, 3.8) is 0 Å². The number of halogens is 2. The molecule has 2 rings (SSSR count). The highest BCUT2D eigenvalue weighted by Crippen LogP contribution is 2.26. The zero-order chi connectivity index (χ0) is 17.0. The molecule has 0 saturated carbocycles. The van der Waals surface area contributed by atoms with Gasteiger partial charge in [0.2, 0.25) is 5.91 Å². The lowest BCUT2D eigenvalue weighted by Crippen LogP contribution is -2.18. The van der Waals surface area contributed by atoms with Crippen LogP contribution in [0.25, 0.3) is 0 Å². The topological polar surface area (TPSA) is 58.2 Å². The lowest BCUT2D eigenvalue weighted by molar-refractivity contribution is -0.118. The van der Waals surface area contributed by atoms with Crippen molar-refractivity contribution in [2.24, 2.45) is 5.92 Å². The van der Waals surface area contributed by atoms with E-state index in [4.69, 9.17) is 23.2 Å². The van der Waals surface area contributed by atoms with Crippen molar-refractivity contribution >= 4 is 46.4 Å². The second kappa shape index (κ2) is 7.49. The number of nitrogens with one attached hydrogen (secondary N) is 2. The first-order valence-electron chi connectivity index (χ1n) is 7.04. The average molecular weight is 351 g/mol. The summed E-state index contributed by atoms with van der Waals surface area (Å²) < 4.78 is 0. The minimum atomic E-state index is -0.371. The fourth-order valence-corrected chi connectivity index (χ4v) is 2.23. The van der Waals surface area contributed by atoms with Crippen molar-refractivity contribution < 1.29 is 9.59 Å². The van der Waals surface area contributed by atoms with E-state index in [0.29, 0.717) is 16.4 Å². The Morgan fingerprint density at radius 1 is 0.957 bits per heavy atom. The van der Waals surface area contributed by atoms with E-state index in [1.807, 2.05) is 13.8 Å². The zero-order valence-electron chi connectivity index (χ0n) is 12.7. The molecule has 0 fully saturated rings. The summed E-state index contributed by atoms with van der Waals surface area (Å²) in [5.74, 6) is -0.588. The Morgan fingerprint density at radius 3 is 2.22 bits per heavy atom. The molecule has 0 spiro atoms. The Balaban J connectivity index is 2.15. The van der Waals surface area contributed by atoms with Gasteiger partial charge in [-0.25, -0.2) is 0 Å². The normalized spacial score (nSPS) is 10.5. The van der Waals surface area contributed by atoms with Crippen LogP contribution >= 0.6 is 23.2 Å². The number of hydrogen-bond acceptors (Lipinski definition) is 2. The third kappa shape index (κ3) is 4.47. The number of benzene rings is 2. The molecule has 0 aromatic heterocycles. The van der Waals surface area contributed by atoms with Crippen LogP contribution in [0.1, 0.15) is 24.2 Å². The number of carbonyl (C=O) groups is 2. The molecule has 0 aliphatic rings. The van der Waals surface area contributed by atoms with E-state index >= 15 is 0 Å². The summed E-state index contributed by atoms with van der Waals surface area (Å²) in [6, 6.07) is 11.8. The Morgan fingerprint density at radius 2 is 1.57 bits per heavy atom. The van der Waals surface area contributed by atoms with Gasteiger partial charge in [0, 0.05) is 17.3 Å². The molecule has 2 N–H and O–H groups in total. The van der Waals surface area contributed by atoms with E-state index < -0.39 is 0 Å². The number of anilines is 2. The molecule has 2 aromatic carbocycles. The fraction of sp³-hybridized carbons (Fsp3) is 0.176. The number of carbonyl (C=O) groups excluding carboxylic acids is 2. The second-order valence-electron chi connectivity index (χ2n) is 5.28. The maximum Gasteiger partial charge on any atom is 0.257 e. The third-order valence-electron chi connectivity index (χ3n) is 3.11. The van der Waals surface area contributed by atoms with Gasteiger partial charge in [0.25, 0.3) is 5.91 Å². The number of rotatable bonds is 4. The van der Waals surface area contributed by atoms with Crippen LogP contribution in [-0.4, -0.2) is 11.8 Å². The first kappa shape index (κ1) is 17.3. The van der Waals surface area contributed by atoms with Gasteiger partial charge in [0.15, 0.2) is 0 Å². The summed E-state index contributed by atoms with van der Waals surface area (Å²) in [6.45, 7) is 3.62. The van der Waals surface area contributed by atoms with Crippen molar-refractivity contribution in [3.05, 3.63) is 58.1 Å². The van der Waals surface area contributed by atoms with Gasteiger partial charge < -0.3 is 10.6 Å². The predicted octanol–water partition coefficient (Wildman–Crippen LogP) is 4.84. The van der Waals surface area contributed by atoms with Crippen LogP contribution < -0.4 is 10.6 Å². The quantitative estimate of drug-likeness (QED) is 0.828. The van der Waals surface area contributed by atoms with Crippen molar-refractivity contribution in [1.82, 2.24) is 0 Å². The van der Waals surface area contributed by atoms with Crippen molar-refractivity contribution in [2.45, 2.75) is 13.8 Å². The molecule has 4 nitrogen and oxygen atoms in total. The molecule has 0 aliphatic carbocycles. The summed E-state index contributed by atoms with van der Waals surface area (Å²) >= 11 is 12.0. The lowest BCUT2D eigenvalue weighted by Gasteiger charge is -2.11. The maximum absolute atomic E-state index is 12.3. The Labute approximate surface area is 144 Å². The van der Waals surface area contributed by atoms with Gasteiger partial charge in [-0.15, -0.1) is 0 Å². The van der Waals surface area contributed by atoms with Crippen LogP contribution in [0.2, 0.25) is 10.0 Å². The van der Waals surface area contributed by atoms with E-state index in [1.165, 1.54) is 0 Å². The smallest absolute Gasteiger partial charge is 0.257 e. The van der Waals surface area contributed by atoms with Gasteiger partial charge in [-0.2, -0.15) is 0 Å². The monoisotopic (exact) mass is 350 g/mol. The maximum atomic E-state index is 12.3. The van der Waals surface area contributed by atoms with E-state index in [-0.39, 0.29) is 28.3 Å². The first-order valence-corrected chi connectivity index (χ1v) is 7.80. The van der Waals surface area contributed by atoms with Crippen LogP contribution in [0.5, 0.6) is 0 Å². The van der Waals surface area contributed by atoms with E-state index in [9.17, 15) is 9.59 Å². The molecule has 0 heterocycles. The molecule has 23 heavy (non-hydrogen) atoms. The summed E-state index contributed by atoms with van der Waals surface area (Å²) in [7, 11) is 0. The molecule has 6 heteroatoms.